The molecule has 5 heteroatoms. The molecule has 265 valence electrons. The molecule has 0 amide bonds. The topological polar surface area (TPSA) is 43.3 Å². The summed E-state index contributed by atoms with van der Waals surface area (Å²) in [6, 6.07) is 23.7. The molecule has 0 unspecified atom stereocenters. The number of furan rings is 1. The number of aromatic nitrogens is 2. The summed E-state index contributed by atoms with van der Waals surface area (Å²) in [7, 11) is 0. The second-order valence-electron chi connectivity index (χ2n) is 15.1. The van der Waals surface area contributed by atoms with Gasteiger partial charge in [0.25, 0.3) is 5.54 Å². The minimum Gasteiger partial charge on any atom is -0.501 e. The van der Waals surface area contributed by atoms with E-state index >= 15 is 0 Å². The van der Waals surface area contributed by atoms with E-state index in [1.807, 2.05) is 45.0 Å². The average molecular weight is 863 g/mol. The Labute approximate surface area is 333 Å². The zero-order valence-electron chi connectivity index (χ0n) is 40.8. The van der Waals surface area contributed by atoms with E-state index in [0.29, 0.717) is 39.2 Å². The molecule has 1 saturated carbocycles. The summed E-state index contributed by atoms with van der Waals surface area (Å²) in [6.45, 7) is 12.0. The normalized spacial score (nSPS) is 18.3. The van der Waals surface area contributed by atoms with Crippen molar-refractivity contribution in [3.63, 3.8) is 0 Å². The molecule has 51 heavy (non-hydrogen) atoms. The maximum absolute atomic E-state index is 8.82. The van der Waals surface area contributed by atoms with Crippen LogP contribution in [0.2, 0.25) is 0 Å². The minimum atomic E-state index is -2.51. The van der Waals surface area contributed by atoms with Crippen LogP contribution in [0, 0.1) is 44.7 Å². The van der Waals surface area contributed by atoms with Crippen molar-refractivity contribution in [1.29, 1.82) is 0 Å². The number of aryl methyl sites for hydroxylation is 3. The molecule has 7 rings (SSSR count). The van der Waals surface area contributed by atoms with Gasteiger partial charge in [0.1, 0.15) is 5.58 Å². The molecular weight excluding hydrogens is 803 g/mol. The Bertz CT molecular complexity index is 2620. The van der Waals surface area contributed by atoms with Gasteiger partial charge in [-0.1, -0.05) is 89.2 Å². The number of benzene rings is 3. The van der Waals surface area contributed by atoms with Crippen LogP contribution >= 0.6 is 0 Å². The van der Waals surface area contributed by atoms with Gasteiger partial charge in [-0.3, -0.25) is 0 Å². The molecule has 0 N–H and O–H groups in total. The second-order valence-corrected chi connectivity index (χ2v) is 15.1. The van der Waals surface area contributed by atoms with Crippen LogP contribution in [-0.4, -0.2) is 9.97 Å². The van der Waals surface area contributed by atoms with E-state index in [2.05, 4.69) is 26.9 Å². The molecule has 0 spiro atoms. The number of hydrogen-bond acceptors (Lipinski definition) is 3. The van der Waals surface area contributed by atoms with E-state index in [9.17, 15) is 0 Å². The molecule has 1 aliphatic carbocycles. The number of rotatable bonds is 4. The van der Waals surface area contributed by atoms with E-state index in [-0.39, 0.29) is 47.8 Å². The van der Waals surface area contributed by atoms with Crippen LogP contribution in [-0.2, 0) is 37.4 Å². The van der Waals surface area contributed by atoms with Crippen LogP contribution in [0.15, 0.2) is 77.5 Å². The number of hydrogen-bond donors (Lipinski definition) is 0. The third-order valence-corrected chi connectivity index (χ3v) is 9.09. The number of nitrogens with zero attached hydrogens (tertiary/aromatic N) is 3. The van der Waals surface area contributed by atoms with Crippen molar-refractivity contribution in [2.75, 3.05) is 0 Å². The SMILES string of the molecule is [2H]C([2H])([2H])c1c[c-]c(-c2cc(C(C)(C)C)c(C([2H])([2H])[2H])cn2)cc1.[2H]C([2H])([2H])c1cnc(-c2[c-]ccc3c2oc2cc(C4([N+]#[C-])CCCC4)ccc23)cc1C([2H])([2H])C(C)(C)C.[Ir]. The first-order valence-corrected chi connectivity index (χ1v) is 16.9. The van der Waals surface area contributed by atoms with E-state index in [0.717, 1.165) is 42.0 Å². The van der Waals surface area contributed by atoms with Crippen LogP contribution in [0.25, 0.3) is 49.3 Å². The number of pyridine rings is 2. The van der Waals surface area contributed by atoms with Gasteiger partial charge in [0.05, 0.1) is 5.58 Å². The molecule has 1 aliphatic rings. The van der Waals surface area contributed by atoms with Gasteiger partial charge in [-0.05, 0) is 77.9 Å². The zero-order valence-corrected chi connectivity index (χ0v) is 32.2. The van der Waals surface area contributed by atoms with Crippen molar-refractivity contribution in [1.82, 2.24) is 9.97 Å². The van der Waals surface area contributed by atoms with Gasteiger partial charge in [0, 0.05) is 71.4 Å². The van der Waals surface area contributed by atoms with Crippen LogP contribution < -0.4 is 0 Å². The fourth-order valence-electron chi connectivity index (χ4n) is 6.55. The van der Waals surface area contributed by atoms with Crippen molar-refractivity contribution in [3.05, 3.63) is 130 Å². The Balaban J connectivity index is 0.000000253. The third-order valence-electron chi connectivity index (χ3n) is 9.09. The molecule has 1 fully saturated rings. The van der Waals surface area contributed by atoms with Crippen molar-refractivity contribution in [3.8, 4) is 22.5 Å². The molecule has 0 bridgehead atoms. The van der Waals surface area contributed by atoms with Gasteiger partial charge < -0.3 is 19.2 Å². The van der Waals surface area contributed by atoms with Gasteiger partial charge in [-0.15, -0.1) is 53.6 Å². The van der Waals surface area contributed by atoms with Crippen molar-refractivity contribution in [2.45, 2.75) is 105 Å². The first kappa shape index (κ1) is 25.8. The van der Waals surface area contributed by atoms with Gasteiger partial charge in [0.2, 0.25) is 0 Å². The maximum Gasteiger partial charge on any atom is 0.257 e. The fraction of sp³-hybridized carbons (Fsp3) is 0.370. The molecular formula is C46H49IrN3O-2. The van der Waals surface area contributed by atoms with E-state index in [1.165, 1.54) is 30.6 Å². The van der Waals surface area contributed by atoms with Gasteiger partial charge in [-0.2, -0.15) is 0 Å². The fourth-order valence-corrected chi connectivity index (χ4v) is 6.55. The number of fused-ring (bicyclic) bond motifs is 3. The summed E-state index contributed by atoms with van der Waals surface area (Å²) in [4.78, 5) is 12.7. The molecule has 3 aromatic carbocycles. The monoisotopic (exact) mass is 863 g/mol. The molecule has 0 atom stereocenters. The zero-order chi connectivity index (χ0) is 45.1. The first-order chi connectivity index (χ1) is 28.1. The van der Waals surface area contributed by atoms with E-state index in [1.54, 1.807) is 39.0 Å². The molecule has 0 aliphatic heterocycles. The van der Waals surface area contributed by atoms with Gasteiger partial charge in [0.15, 0.2) is 0 Å². The second kappa shape index (κ2) is 14.9. The third kappa shape index (κ3) is 8.19. The molecule has 1 radical (unpaired) electrons. The molecule has 3 heterocycles. The van der Waals surface area contributed by atoms with Gasteiger partial charge >= 0.3 is 0 Å². The summed E-state index contributed by atoms with van der Waals surface area (Å²) < 4.78 is 93.2. The van der Waals surface area contributed by atoms with Crippen LogP contribution in [0.1, 0.15) is 116 Å². The predicted molar refractivity (Wildman–Crippen MR) is 207 cm³/mol. The maximum atomic E-state index is 8.82. The molecule has 3 aromatic heterocycles. The standard InChI is InChI=1S/C29H29N2O.C17H20N.Ir/c1-19-18-31-25(15-20(19)17-28(2,3)4)24-10-8-9-23-22-12-11-21(16-26(22)32-27(23)24)29(30-5)13-6-7-14-29;1-12-6-8-14(9-7-12)16-10-15(17(3,4)5)13(2)11-18-16;/h8-9,11-12,15-16,18H,6-7,13-14,17H2,1-4H3;6-8,10-11H,1-5H3;/q2*-1;/i1D3,17D2;1D3,2D3;. The van der Waals surface area contributed by atoms with E-state index in [4.69, 9.17) is 26.1 Å². The summed E-state index contributed by atoms with van der Waals surface area (Å²) in [6.07, 6.45) is 4.49. The predicted octanol–water partition coefficient (Wildman–Crippen LogP) is 12.5. The largest absolute Gasteiger partial charge is 0.501 e. The Hall–Kier alpha value is -4.10. The minimum absolute atomic E-state index is 0. The van der Waals surface area contributed by atoms with Crippen LogP contribution in [0.3, 0.4) is 0 Å². The van der Waals surface area contributed by atoms with E-state index < -0.39 is 37.9 Å². The molecule has 6 aromatic rings. The van der Waals surface area contributed by atoms with Crippen molar-refractivity contribution >= 4 is 21.9 Å². The quantitative estimate of drug-likeness (QED) is 0.166. The Morgan fingerprint density at radius 2 is 1.63 bits per heavy atom. The average Bonchev–Trinajstić information content (AvgIpc) is 3.81. The Kier molecular flexibility index (Phi) is 7.52. The summed E-state index contributed by atoms with van der Waals surface area (Å²) in [5, 5.41) is 1.78. The summed E-state index contributed by atoms with van der Waals surface area (Å²) >= 11 is 0. The smallest absolute Gasteiger partial charge is 0.257 e. The van der Waals surface area contributed by atoms with Crippen molar-refractivity contribution in [2.24, 2.45) is 5.41 Å². The molecule has 0 saturated heterocycles. The summed E-state index contributed by atoms with van der Waals surface area (Å²) in [5.74, 6) is 0. The Morgan fingerprint density at radius 3 is 2.27 bits per heavy atom. The van der Waals surface area contributed by atoms with Crippen LogP contribution in [0.5, 0.6) is 0 Å². The Morgan fingerprint density at radius 1 is 0.882 bits per heavy atom. The van der Waals surface area contributed by atoms with Crippen LogP contribution in [0.4, 0.5) is 0 Å². The van der Waals surface area contributed by atoms with Gasteiger partial charge in [-0.25, -0.2) is 6.57 Å². The first-order valence-electron chi connectivity index (χ1n) is 22.4. The summed E-state index contributed by atoms with van der Waals surface area (Å²) in [5.41, 5.74) is 3.76. The van der Waals surface area contributed by atoms with Crippen molar-refractivity contribution < 1.29 is 39.6 Å². The molecule has 4 nitrogen and oxygen atoms in total.